The van der Waals surface area contributed by atoms with Crippen LogP contribution < -0.4 is 10.5 Å². The summed E-state index contributed by atoms with van der Waals surface area (Å²) in [5.41, 5.74) is 7.09. The zero-order valence-electron chi connectivity index (χ0n) is 7.84. The van der Waals surface area contributed by atoms with E-state index in [1.807, 2.05) is 0 Å². The highest BCUT2D eigenvalue weighted by Crippen LogP contribution is 2.37. The number of alkyl halides is 3. The molecule has 1 aromatic carbocycles. The van der Waals surface area contributed by atoms with Gasteiger partial charge in [0.15, 0.2) is 0 Å². The molecule has 1 atom stereocenters. The molecule has 2 N–H and O–H groups in total. The van der Waals surface area contributed by atoms with Crippen molar-refractivity contribution in [2.75, 3.05) is 0 Å². The van der Waals surface area contributed by atoms with Crippen molar-refractivity contribution in [3.8, 4) is 5.75 Å². The zero-order valence-corrected chi connectivity index (χ0v) is 7.84. The molecule has 0 spiro atoms. The number of halogens is 3. The Hall–Kier alpha value is -1.23. The van der Waals surface area contributed by atoms with E-state index in [1.54, 1.807) is 6.07 Å². The highest BCUT2D eigenvalue weighted by atomic mass is 19.4. The van der Waals surface area contributed by atoms with Gasteiger partial charge in [-0.2, -0.15) is 0 Å². The fourth-order valence-corrected chi connectivity index (χ4v) is 1.87. The first kappa shape index (κ1) is 10.3. The molecule has 1 aliphatic carbocycles. The fourth-order valence-electron chi connectivity index (χ4n) is 1.87. The van der Waals surface area contributed by atoms with Gasteiger partial charge in [-0.25, -0.2) is 0 Å². The summed E-state index contributed by atoms with van der Waals surface area (Å²) in [5.74, 6) is -0.118. The second kappa shape index (κ2) is 3.41. The Morgan fingerprint density at radius 2 is 2.07 bits per heavy atom. The van der Waals surface area contributed by atoms with E-state index in [0.29, 0.717) is 18.4 Å². The van der Waals surface area contributed by atoms with E-state index >= 15 is 0 Å². The molecule has 0 fully saturated rings. The van der Waals surface area contributed by atoms with E-state index in [-0.39, 0.29) is 11.8 Å². The topological polar surface area (TPSA) is 35.2 Å². The van der Waals surface area contributed by atoms with Crippen molar-refractivity contribution < 1.29 is 17.9 Å². The van der Waals surface area contributed by atoms with Crippen LogP contribution >= 0.6 is 0 Å². The third-order valence-electron chi connectivity index (χ3n) is 2.50. The van der Waals surface area contributed by atoms with E-state index < -0.39 is 6.36 Å². The van der Waals surface area contributed by atoms with Gasteiger partial charge in [-0.15, -0.1) is 13.2 Å². The fraction of sp³-hybridized carbons (Fsp3) is 0.400. The van der Waals surface area contributed by atoms with E-state index in [0.717, 1.165) is 5.56 Å². The molecule has 82 valence electrons. The number of hydrogen-bond acceptors (Lipinski definition) is 2. The molecular weight excluding hydrogens is 207 g/mol. The summed E-state index contributed by atoms with van der Waals surface area (Å²) in [7, 11) is 0. The van der Waals surface area contributed by atoms with Crippen molar-refractivity contribution in [3.05, 3.63) is 29.3 Å². The lowest BCUT2D eigenvalue weighted by Crippen LogP contribution is -2.18. The minimum Gasteiger partial charge on any atom is -0.405 e. The van der Waals surface area contributed by atoms with Crippen LogP contribution in [0.1, 0.15) is 23.6 Å². The minimum absolute atomic E-state index is 0.118. The van der Waals surface area contributed by atoms with Gasteiger partial charge in [0.25, 0.3) is 0 Å². The molecule has 0 saturated heterocycles. The Bertz CT molecular complexity index is 375. The third kappa shape index (κ3) is 2.07. The zero-order chi connectivity index (χ0) is 11.1. The summed E-state index contributed by atoms with van der Waals surface area (Å²) in [6, 6.07) is 4.43. The number of rotatable bonds is 1. The molecule has 0 amide bonds. The number of fused-ring (bicyclic) bond motifs is 1. The molecular formula is C10H10F3NO. The predicted molar refractivity (Wildman–Crippen MR) is 48.4 cm³/mol. The Balaban J connectivity index is 2.34. The monoisotopic (exact) mass is 217 g/mol. The highest BCUT2D eigenvalue weighted by molar-refractivity contribution is 5.44. The summed E-state index contributed by atoms with van der Waals surface area (Å²) in [6.45, 7) is 0. The Morgan fingerprint density at radius 3 is 2.73 bits per heavy atom. The van der Waals surface area contributed by atoms with E-state index in [9.17, 15) is 13.2 Å². The van der Waals surface area contributed by atoms with E-state index in [4.69, 9.17) is 5.73 Å². The van der Waals surface area contributed by atoms with Crippen LogP contribution in [0.15, 0.2) is 18.2 Å². The maximum absolute atomic E-state index is 12.1. The van der Waals surface area contributed by atoms with Crippen LogP contribution in [-0.2, 0) is 6.42 Å². The van der Waals surface area contributed by atoms with Gasteiger partial charge >= 0.3 is 6.36 Å². The Labute approximate surface area is 84.8 Å². The van der Waals surface area contributed by atoms with Gasteiger partial charge in [-0.3, -0.25) is 0 Å². The number of benzene rings is 1. The average molecular weight is 217 g/mol. The third-order valence-corrected chi connectivity index (χ3v) is 2.50. The largest absolute Gasteiger partial charge is 0.573 e. The first-order valence-corrected chi connectivity index (χ1v) is 4.60. The number of ether oxygens (including phenoxy) is 1. The average Bonchev–Trinajstić information content (AvgIpc) is 2.47. The van der Waals surface area contributed by atoms with Crippen LogP contribution in [0.3, 0.4) is 0 Å². The van der Waals surface area contributed by atoms with Crippen molar-refractivity contribution in [2.24, 2.45) is 5.73 Å². The first-order chi connectivity index (χ1) is 6.97. The van der Waals surface area contributed by atoms with Crippen molar-refractivity contribution in [3.63, 3.8) is 0 Å². The van der Waals surface area contributed by atoms with Gasteiger partial charge in [0.1, 0.15) is 5.75 Å². The Kier molecular flexibility index (Phi) is 2.34. The van der Waals surface area contributed by atoms with Crippen LogP contribution in [-0.4, -0.2) is 6.36 Å². The summed E-state index contributed by atoms with van der Waals surface area (Å²) in [4.78, 5) is 0. The molecule has 0 saturated carbocycles. The van der Waals surface area contributed by atoms with Gasteiger partial charge in [-0.05, 0) is 30.0 Å². The normalized spacial score (nSPS) is 20.1. The molecule has 15 heavy (non-hydrogen) atoms. The second-order valence-corrected chi connectivity index (χ2v) is 3.52. The maximum atomic E-state index is 12.1. The molecule has 0 aliphatic heterocycles. The maximum Gasteiger partial charge on any atom is 0.573 e. The minimum atomic E-state index is -4.64. The molecule has 0 aromatic heterocycles. The predicted octanol–water partition coefficient (Wildman–Crippen LogP) is 2.53. The molecule has 2 nitrogen and oxygen atoms in total. The van der Waals surface area contributed by atoms with Gasteiger partial charge < -0.3 is 10.5 Å². The molecule has 2 rings (SSSR count). The van der Waals surface area contributed by atoms with Crippen LogP contribution in [0.4, 0.5) is 13.2 Å². The summed E-state index contributed by atoms with van der Waals surface area (Å²) in [5, 5.41) is 0. The van der Waals surface area contributed by atoms with Crippen molar-refractivity contribution >= 4 is 0 Å². The van der Waals surface area contributed by atoms with Crippen LogP contribution in [0, 0.1) is 0 Å². The molecule has 1 aliphatic rings. The number of nitrogens with two attached hydrogens (primary N) is 1. The smallest absolute Gasteiger partial charge is 0.405 e. The lowest BCUT2D eigenvalue weighted by Gasteiger charge is -2.12. The van der Waals surface area contributed by atoms with Crippen LogP contribution in [0.5, 0.6) is 5.75 Å². The standard InChI is InChI=1S/C10H10F3NO/c11-10(12,13)15-9-3-1-2-6-7(9)4-5-8(6)14/h1-3,8H,4-5,14H2/t8-/m1/s1. The number of hydrogen-bond donors (Lipinski definition) is 1. The van der Waals surface area contributed by atoms with E-state index in [1.165, 1.54) is 12.1 Å². The van der Waals surface area contributed by atoms with E-state index in [2.05, 4.69) is 4.74 Å². The van der Waals surface area contributed by atoms with Gasteiger partial charge in [-0.1, -0.05) is 12.1 Å². The quantitative estimate of drug-likeness (QED) is 0.784. The molecule has 1 aromatic rings. The lowest BCUT2D eigenvalue weighted by molar-refractivity contribution is -0.274. The second-order valence-electron chi connectivity index (χ2n) is 3.52. The molecule has 0 unspecified atom stereocenters. The van der Waals surface area contributed by atoms with Gasteiger partial charge in [0.2, 0.25) is 0 Å². The molecule has 0 heterocycles. The summed E-state index contributed by atoms with van der Waals surface area (Å²) in [6.07, 6.45) is -3.42. The summed E-state index contributed by atoms with van der Waals surface area (Å²) < 4.78 is 40.1. The molecule has 5 heteroatoms. The van der Waals surface area contributed by atoms with Gasteiger partial charge in [0.05, 0.1) is 0 Å². The van der Waals surface area contributed by atoms with Crippen molar-refractivity contribution in [1.29, 1.82) is 0 Å². The van der Waals surface area contributed by atoms with Crippen molar-refractivity contribution in [1.82, 2.24) is 0 Å². The first-order valence-electron chi connectivity index (χ1n) is 4.60. The summed E-state index contributed by atoms with van der Waals surface area (Å²) >= 11 is 0. The molecule has 0 bridgehead atoms. The van der Waals surface area contributed by atoms with Crippen molar-refractivity contribution in [2.45, 2.75) is 25.2 Å². The highest BCUT2D eigenvalue weighted by Gasteiger charge is 2.33. The Morgan fingerprint density at radius 1 is 1.33 bits per heavy atom. The van der Waals surface area contributed by atoms with Gasteiger partial charge in [0, 0.05) is 6.04 Å². The van der Waals surface area contributed by atoms with Crippen LogP contribution in [0.2, 0.25) is 0 Å². The lowest BCUT2D eigenvalue weighted by atomic mass is 10.1. The molecule has 0 radical (unpaired) electrons. The SMILES string of the molecule is N[C@@H]1CCc2c(OC(F)(F)F)cccc21. The van der Waals surface area contributed by atoms with Crippen LogP contribution in [0.25, 0.3) is 0 Å².